The number of hydrogen-bond acceptors (Lipinski definition) is 3. The third kappa shape index (κ3) is 3.41. The average Bonchev–Trinajstić information content (AvgIpc) is 2.43. The molecule has 0 unspecified atom stereocenters. The molecule has 1 heterocycles. The zero-order valence-corrected chi connectivity index (χ0v) is 13.0. The van der Waals surface area contributed by atoms with Crippen molar-refractivity contribution in [3.05, 3.63) is 33.8 Å². The lowest BCUT2D eigenvalue weighted by Gasteiger charge is -2.30. The fourth-order valence-electron chi connectivity index (χ4n) is 2.22. The first-order chi connectivity index (χ1) is 9.90. The molecule has 0 radical (unpaired) electrons. The molecule has 1 aromatic rings. The van der Waals surface area contributed by atoms with E-state index in [1.54, 1.807) is 19.1 Å². The molecule has 21 heavy (non-hydrogen) atoms. The number of carboxylic acid groups (broad SMARTS) is 1. The molecule has 2 amide bonds. The molecule has 1 fully saturated rings. The Balaban J connectivity index is 2.12. The number of nitrogens with zero attached hydrogens (tertiary/aromatic N) is 1. The van der Waals surface area contributed by atoms with Gasteiger partial charge in [-0.1, -0.05) is 22.0 Å². The quantitative estimate of drug-likeness (QED) is 0.847. The second kappa shape index (κ2) is 6.26. The number of carbonyl (C=O) groups excluding carboxylic acids is 2. The monoisotopic (exact) mass is 354 g/mol. The van der Waals surface area contributed by atoms with Gasteiger partial charge in [-0.15, -0.1) is 0 Å². The Bertz CT molecular complexity index is 603. The van der Waals surface area contributed by atoms with Crippen molar-refractivity contribution < 1.29 is 19.5 Å². The largest absolute Gasteiger partial charge is 0.465 e. The van der Waals surface area contributed by atoms with Gasteiger partial charge in [-0.25, -0.2) is 4.79 Å². The molecule has 0 aromatic heterocycles. The predicted octanol–water partition coefficient (Wildman–Crippen LogP) is 1.81. The number of nitrogens with one attached hydrogen (secondary N) is 1. The molecule has 1 aromatic carbocycles. The Morgan fingerprint density at radius 1 is 1.43 bits per heavy atom. The standard InChI is InChI=1S/C14H15BrN2O4/c1-8-9(3-2-4-10(8)15)13(19)16-11-7-17(14(20)21)6-5-12(11)18/h2-4,11H,5-7H2,1H3,(H,16,19)(H,20,21)/t11-/m0/s1. The summed E-state index contributed by atoms with van der Waals surface area (Å²) in [6, 6.07) is 4.43. The maximum absolute atomic E-state index is 12.3. The molecule has 6 nitrogen and oxygen atoms in total. The van der Waals surface area contributed by atoms with E-state index in [9.17, 15) is 14.4 Å². The first-order valence-corrected chi connectivity index (χ1v) is 7.26. The first-order valence-electron chi connectivity index (χ1n) is 6.46. The van der Waals surface area contributed by atoms with Crippen LogP contribution in [-0.4, -0.2) is 46.9 Å². The van der Waals surface area contributed by atoms with Gasteiger partial charge in [0.1, 0.15) is 6.04 Å². The highest BCUT2D eigenvalue weighted by atomic mass is 79.9. The van der Waals surface area contributed by atoms with Gasteiger partial charge in [0.25, 0.3) is 5.91 Å². The number of amides is 2. The van der Waals surface area contributed by atoms with E-state index in [1.807, 2.05) is 6.07 Å². The van der Waals surface area contributed by atoms with Crippen molar-refractivity contribution >= 4 is 33.7 Å². The van der Waals surface area contributed by atoms with Crippen molar-refractivity contribution in [3.63, 3.8) is 0 Å². The molecule has 0 bridgehead atoms. The molecular weight excluding hydrogens is 340 g/mol. The number of carbonyl (C=O) groups is 3. The van der Waals surface area contributed by atoms with E-state index >= 15 is 0 Å². The highest BCUT2D eigenvalue weighted by Crippen LogP contribution is 2.19. The Hall–Kier alpha value is -1.89. The third-order valence-corrected chi connectivity index (χ3v) is 4.37. The van der Waals surface area contributed by atoms with E-state index < -0.39 is 12.1 Å². The summed E-state index contributed by atoms with van der Waals surface area (Å²) in [6.45, 7) is 1.97. The van der Waals surface area contributed by atoms with Gasteiger partial charge in [0.2, 0.25) is 0 Å². The number of ketones is 1. The van der Waals surface area contributed by atoms with Crippen LogP contribution in [0.4, 0.5) is 4.79 Å². The summed E-state index contributed by atoms with van der Waals surface area (Å²) in [4.78, 5) is 36.2. The zero-order valence-electron chi connectivity index (χ0n) is 11.4. The number of halogens is 1. The van der Waals surface area contributed by atoms with Crippen LogP contribution in [0.5, 0.6) is 0 Å². The summed E-state index contributed by atoms with van der Waals surface area (Å²) in [5.74, 6) is -0.520. The van der Waals surface area contributed by atoms with Crippen LogP contribution in [0, 0.1) is 6.92 Å². The molecular formula is C14H15BrN2O4. The predicted molar refractivity (Wildman–Crippen MR) is 79.4 cm³/mol. The van der Waals surface area contributed by atoms with Crippen LogP contribution in [0.2, 0.25) is 0 Å². The minimum absolute atomic E-state index is 0.00699. The summed E-state index contributed by atoms with van der Waals surface area (Å²) in [5.41, 5.74) is 1.23. The zero-order chi connectivity index (χ0) is 15.6. The van der Waals surface area contributed by atoms with Crippen molar-refractivity contribution in [2.24, 2.45) is 0 Å². The second-order valence-electron chi connectivity index (χ2n) is 4.88. The Morgan fingerprint density at radius 3 is 2.81 bits per heavy atom. The lowest BCUT2D eigenvalue weighted by Crippen LogP contribution is -2.54. The Labute approximate surface area is 130 Å². The molecule has 112 valence electrons. The van der Waals surface area contributed by atoms with Crippen molar-refractivity contribution in [3.8, 4) is 0 Å². The first kappa shape index (κ1) is 15.5. The van der Waals surface area contributed by atoms with Crippen molar-refractivity contribution in [2.45, 2.75) is 19.4 Å². The van der Waals surface area contributed by atoms with Crippen LogP contribution in [0.25, 0.3) is 0 Å². The number of hydrogen-bond donors (Lipinski definition) is 2. The van der Waals surface area contributed by atoms with Crippen LogP contribution in [-0.2, 0) is 4.79 Å². The van der Waals surface area contributed by atoms with Crippen molar-refractivity contribution in [2.75, 3.05) is 13.1 Å². The second-order valence-corrected chi connectivity index (χ2v) is 5.74. The molecule has 0 saturated carbocycles. The summed E-state index contributed by atoms with van der Waals surface area (Å²) < 4.78 is 0.803. The van der Waals surface area contributed by atoms with Crippen LogP contribution in [0.15, 0.2) is 22.7 Å². The van der Waals surface area contributed by atoms with E-state index in [0.29, 0.717) is 5.56 Å². The molecule has 7 heteroatoms. The molecule has 1 atom stereocenters. The number of Topliss-reactive ketones (excluding diaryl/α,β-unsaturated/α-hetero) is 1. The normalized spacial score (nSPS) is 18.5. The van der Waals surface area contributed by atoms with E-state index in [2.05, 4.69) is 21.2 Å². The van der Waals surface area contributed by atoms with Gasteiger partial charge in [0.15, 0.2) is 5.78 Å². The summed E-state index contributed by atoms with van der Waals surface area (Å²) in [5, 5.41) is 11.6. The summed E-state index contributed by atoms with van der Waals surface area (Å²) in [7, 11) is 0. The molecule has 0 spiro atoms. The smallest absolute Gasteiger partial charge is 0.407 e. The van der Waals surface area contributed by atoms with E-state index in [-0.39, 0.29) is 31.2 Å². The van der Waals surface area contributed by atoms with Crippen LogP contribution >= 0.6 is 15.9 Å². The summed E-state index contributed by atoms with van der Waals surface area (Å²) in [6.07, 6.45) is -0.963. The average molecular weight is 355 g/mol. The molecule has 1 aliphatic heterocycles. The van der Waals surface area contributed by atoms with Gasteiger partial charge < -0.3 is 15.3 Å². The van der Waals surface area contributed by atoms with Gasteiger partial charge >= 0.3 is 6.09 Å². The lowest BCUT2D eigenvalue weighted by molar-refractivity contribution is -0.123. The molecule has 2 rings (SSSR count). The SMILES string of the molecule is Cc1c(Br)cccc1C(=O)N[C@H]1CN(C(=O)O)CCC1=O. The number of piperidine rings is 1. The Morgan fingerprint density at radius 2 is 2.14 bits per heavy atom. The van der Waals surface area contributed by atoms with Gasteiger partial charge in [-0.3, -0.25) is 9.59 Å². The molecule has 1 saturated heterocycles. The number of rotatable bonds is 2. The third-order valence-electron chi connectivity index (χ3n) is 3.51. The fraction of sp³-hybridized carbons (Fsp3) is 0.357. The molecule has 0 aliphatic carbocycles. The van der Waals surface area contributed by atoms with E-state index in [0.717, 1.165) is 14.9 Å². The van der Waals surface area contributed by atoms with Crippen LogP contribution in [0.1, 0.15) is 22.3 Å². The Kier molecular flexibility index (Phi) is 4.62. The van der Waals surface area contributed by atoms with Crippen molar-refractivity contribution in [1.29, 1.82) is 0 Å². The van der Waals surface area contributed by atoms with E-state index in [1.165, 1.54) is 0 Å². The highest BCUT2D eigenvalue weighted by molar-refractivity contribution is 9.10. The van der Waals surface area contributed by atoms with Crippen molar-refractivity contribution in [1.82, 2.24) is 10.2 Å². The highest BCUT2D eigenvalue weighted by Gasteiger charge is 2.31. The number of likely N-dealkylation sites (tertiary alicyclic amines) is 1. The van der Waals surface area contributed by atoms with Gasteiger partial charge in [-0.05, 0) is 24.6 Å². The maximum Gasteiger partial charge on any atom is 0.407 e. The fourth-order valence-corrected chi connectivity index (χ4v) is 2.59. The summed E-state index contributed by atoms with van der Waals surface area (Å²) >= 11 is 3.35. The van der Waals surface area contributed by atoms with Crippen LogP contribution < -0.4 is 5.32 Å². The number of benzene rings is 1. The minimum atomic E-state index is -1.08. The lowest BCUT2D eigenvalue weighted by atomic mass is 10.0. The minimum Gasteiger partial charge on any atom is -0.465 e. The topological polar surface area (TPSA) is 86.7 Å². The van der Waals surface area contributed by atoms with Gasteiger partial charge in [-0.2, -0.15) is 0 Å². The van der Waals surface area contributed by atoms with E-state index in [4.69, 9.17) is 5.11 Å². The van der Waals surface area contributed by atoms with Crippen LogP contribution in [0.3, 0.4) is 0 Å². The molecule has 2 N–H and O–H groups in total. The van der Waals surface area contributed by atoms with Gasteiger partial charge in [0, 0.05) is 23.0 Å². The van der Waals surface area contributed by atoms with Gasteiger partial charge in [0.05, 0.1) is 6.54 Å². The maximum atomic E-state index is 12.3. The molecule has 1 aliphatic rings.